The van der Waals surface area contributed by atoms with E-state index in [-0.39, 0.29) is 11.9 Å². The van der Waals surface area contributed by atoms with Gasteiger partial charge in [-0.2, -0.15) is 0 Å². The highest BCUT2D eigenvalue weighted by Crippen LogP contribution is 2.20. The van der Waals surface area contributed by atoms with Gasteiger partial charge in [-0.15, -0.1) is 0 Å². The van der Waals surface area contributed by atoms with Crippen LogP contribution < -0.4 is 5.32 Å². The summed E-state index contributed by atoms with van der Waals surface area (Å²) in [6.45, 7) is 6.22. The average Bonchev–Trinajstić information content (AvgIpc) is 2.30. The molecular weight excluding hydrogens is 200 g/mol. The van der Waals surface area contributed by atoms with Crippen molar-refractivity contribution < 1.29 is 4.79 Å². The zero-order valence-corrected chi connectivity index (χ0v) is 9.86. The molecule has 1 aliphatic rings. The van der Waals surface area contributed by atoms with E-state index in [0.29, 0.717) is 0 Å². The lowest BCUT2D eigenvalue weighted by atomic mass is 9.99. The van der Waals surface area contributed by atoms with Gasteiger partial charge in [-0.05, 0) is 18.1 Å². The van der Waals surface area contributed by atoms with E-state index in [2.05, 4.69) is 30.4 Å². The lowest BCUT2D eigenvalue weighted by Gasteiger charge is -2.34. The molecule has 0 radical (unpaired) electrons. The normalized spacial score (nSPS) is 20.9. The number of piperazine rings is 1. The molecule has 1 saturated heterocycles. The Hall–Kier alpha value is -1.35. The van der Waals surface area contributed by atoms with Gasteiger partial charge < -0.3 is 10.2 Å². The zero-order chi connectivity index (χ0) is 11.5. The Morgan fingerprint density at radius 3 is 2.88 bits per heavy atom. The van der Waals surface area contributed by atoms with Crippen molar-refractivity contribution >= 4 is 5.91 Å². The van der Waals surface area contributed by atoms with Crippen molar-refractivity contribution in [2.75, 3.05) is 19.6 Å². The highest BCUT2D eigenvalue weighted by atomic mass is 16.2. The molecule has 1 amide bonds. The second kappa shape index (κ2) is 4.66. The van der Waals surface area contributed by atoms with E-state index in [9.17, 15) is 4.79 Å². The van der Waals surface area contributed by atoms with Crippen LogP contribution in [0.15, 0.2) is 24.3 Å². The minimum Gasteiger partial charge on any atom is -0.340 e. The molecule has 3 heteroatoms. The first-order chi connectivity index (χ1) is 7.68. The number of carbonyl (C=O) groups is 1. The maximum Gasteiger partial charge on any atom is 0.219 e. The van der Waals surface area contributed by atoms with Gasteiger partial charge in [0, 0.05) is 26.6 Å². The number of benzene rings is 1. The molecule has 0 aromatic heterocycles. The summed E-state index contributed by atoms with van der Waals surface area (Å²) in [5.74, 6) is 0.167. The second-order valence-corrected chi connectivity index (χ2v) is 4.33. The van der Waals surface area contributed by atoms with E-state index in [1.807, 2.05) is 11.0 Å². The average molecular weight is 218 g/mol. The second-order valence-electron chi connectivity index (χ2n) is 4.33. The van der Waals surface area contributed by atoms with Crippen molar-refractivity contribution in [2.24, 2.45) is 0 Å². The van der Waals surface area contributed by atoms with E-state index in [4.69, 9.17) is 0 Å². The first kappa shape index (κ1) is 11.1. The van der Waals surface area contributed by atoms with Crippen molar-refractivity contribution in [3.63, 3.8) is 0 Å². The van der Waals surface area contributed by atoms with Crippen molar-refractivity contribution in [1.82, 2.24) is 10.2 Å². The number of nitrogens with one attached hydrogen (secondary N) is 1. The van der Waals surface area contributed by atoms with Crippen LogP contribution >= 0.6 is 0 Å². The molecule has 1 aromatic carbocycles. The number of rotatable bonds is 1. The third-order valence-electron chi connectivity index (χ3n) is 3.18. The van der Waals surface area contributed by atoms with Gasteiger partial charge in [0.1, 0.15) is 0 Å². The molecule has 3 nitrogen and oxygen atoms in total. The molecule has 0 saturated carbocycles. The van der Waals surface area contributed by atoms with E-state index < -0.39 is 0 Å². The fraction of sp³-hybridized carbons (Fsp3) is 0.462. The van der Waals surface area contributed by atoms with Gasteiger partial charge in [0.15, 0.2) is 0 Å². The van der Waals surface area contributed by atoms with Gasteiger partial charge in [0.2, 0.25) is 5.91 Å². The lowest BCUT2D eigenvalue weighted by molar-refractivity contribution is -0.130. The summed E-state index contributed by atoms with van der Waals surface area (Å²) in [5.41, 5.74) is 2.58. The fourth-order valence-corrected chi connectivity index (χ4v) is 2.22. The molecule has 1 atom stereocenters. The molecule has 1 heterocycles. The summed E-state index contributed by atoms with van der Waals surface area (Å²) in [6, 6.07) is 8.63. The first-order valence-electron chi connectivity index (χ1n) is 5.73. The van der Waals surface area contributed by atoms with Crippen LogP contribution in [0.3, 0.4) is 0 Å². The molecule has 0 aliphatic carbocycles. The minimum atomic E-state index is 0.167. The number of carbonyl (C=O) groups excluding carboxylic acids is 1. The summed E-state index contributed by atoms with van der Waals surface area (Å²) in [5, 5.41) is 3.47. The van der Waals surface area contributed by atoms with Crippen LogP contribution in [0.5, 0.6) is 0 Å². The van der Waals surface area contributed by atoms with Crippen LogP contribution in [-0.4, -0.2) is 30.4 Å². The Bertz CT molecular complexity index is 389. The van der Waals surface area contributed by atoms with Crippen molar-refractivity contribution in [1.29, 1.82) is 0 Å². The molecule has 1 fully saturated rings. The number of hydrogen-bond acceptors (Lipinski definition) is 2. The summed E-state index contributed by atoms with van der Waals surface area (Å²) < 4.78 is 0. The largest absolute Gasteiger partial charge is 0.340 e. The first-order valence-corrected chi connectivity index (χ1v) is 5.73. The topological polar surface area (TPSA) is 32.3 Å². The minimum absolute atomic E-state index is 0.167. The monoisotopic (exact) mass is 218 g/mol. The Morgan fingerprint density at radius 1 is 1.44 bits per heavy atom. The highest BCUT2D eigenvalue weighted by Gasteiger charge is 2.22. The molecule has 16 heavy (non-hydrogen) atoms. The Labute approximate surface area is 96.5 Å². The zero-order valence-electron chi connectivity index (χ0n) is 9.86. The summed E-state index contributed by atoms with van der Waals surface area (Å²) in [6.07, 6.45) is 0. The maximum absolute atomic E-state index is 11.4. The van der Waals surface area contributed by atoms with Crippen molar-refractivity contribution in [3.8, 4) is 0 Å². The lowest BCUT2D eigenvalue weighted by Crippen LogP contribution is -2.47. The van der Waals surface area contributed by atoms with E-state index >= 15 is 0 Å². The van der Waals surface area contributed by atoms with Gasteiger partial charge in [0.25, 0.3) is 0 Å². The molecule has 86 valence electrons. The highest BCUT2D eigenvalue weighted by molar-refractivity contribution is 5.73. The predicted octanol–water partition coefficient (Wildman–Crippen LogP) is 1.49. The number of aryl methyl sites for hydroxylation is 1. The van der Waals surface area contributed by atoms with E-state index in [1.165, 1.54) is 11.1 Å². The van der Waals surface area contributed by atoms with Gasteiger partial charge in [0.05, 0.1) is 6.04 Å². The number of nitrogens with zero attached hydrogens (tertiary/aromatic N) is 1. The van der Waals surface area contributed by atoms with E-state index in [0.717, 1.165) is 19.6 Å². The van der Waals surface area contributed by atoms with Gasteiger partial charge >= 0.3 is 0 Å². The molecule has 1 N–H and O–H groups in total. The van der Waals surface area contributed by atoms with E-state index in [1.54, 1.807) is 6.92 Å². The van der Waals surface area contributed by atoms with Crippen molar-refractivity contribution in [2.45, 2.75) is 19.9 Å². The van der Waals surface area contributed by atoms with Crippen LogP contribution in [0, 0.1) is 6.92 Å². The van der Waals surface area contributed by atoms with Crippen molar-refractivity contribution in [3.05, 3.63) is 35.4 Å². The molecule has 0 spiro atoms. The smallest absolute Gasteiger partial charge is 0.219 e. The Balaban J connectivity index is 2.16. The van der Waals surface area contributed by atoms with Gasteiger partial charge in [-0.3, -0.25) is 4.79 Å². The standard InChI is InChI=1S/C13H18N2O/c1-10-5-3-4-6-12(10)13-9-15(11(2)16)8-7-14-13/h3-6,13-14H,7-9H2,1-2H3. The van der Waals surface area contributed by atoms with Gasteiger partial charge in [-0.25, -0.2) is 0 Å². The van der Waals surface area contributed by atoms with Crippen LogP contribution in [0.25, 0.3) is 0 Å². The Morgan fingerprint density at radius 2 is 2.19 bits per heavy atom. The van der Waals surface area contributed by atoms with Crippen LogP contribution in [0.4, 0.5) is 0 Å². The summed E-state index contributed by atoms with van der Waals surface area (Å²) >= 11 is 0. The van der Waals surface area contributed by atoms with Gasteiger partial charge in [-0.1, -0.05) is 24.3 Å². The predicted molar refractivity (Wildman–Crippen MR) is 64.2 cm³/mol. The quantitative estimate of drug-likeness (QED) is 0.774. The SMILES string of the molecule is CC(=O)N1CCNC(c2ccccc2C)C1. The molecule has 2 rings (SSSR count). The van der Waals surface area contributed by atoms with Crippen LogP contribution in [0.2, 0.25) is 0 Å². The molecule has 1 unspecified atom stereocenters. The third-order valence-corrected chi connectivity index (χ3v) is 3.18. The molecule has 0 bridgehead atoms. The number of hydrogen-bond donors (Lipinski definition) is 1. The summed E-state index contributed by atoms with van der Waals surface area (Å²) in [7, 11) is 0. The maximum atomic E-state index is 11.4. The molecular formula is C13H18N2O. The van der Waals surface area contributed by atoms with Crippen LogP contribution in [0.1, 0.15) is 24.1 Å². The Kier molecular flexibility index (Phi) is 3.25. The molecule has 1 aliphatic heterocycles. The molecule has 1 aromatic rings. The van der Waals surface area contributed by atoms with Crippen LogP contribution in [-0.2, 0) is 4.79 Å². The summed E-state index contributed by atoms with van der Waals surface area (Å²) in [4.78, 5) is 13.3. The fourth-order valence-electron chi connectivity index (χ4n) is 2.22. The third kappa shape index (κ3) is 2.25. The number of amides is 1.